The lowest BCUT2D eigenvalue weighted by molar-refractivity contribution is -0.157. The van der Waals surface area contributed by atoms with Crippen LogP contribution in [0.4, 0.5) is 0 Å². The first kappa shape index (κ1) is 15.7. The molecule has 7 nitrogen and oxygen atoms in total. The number of furan rings is 1. The van der Waals surface area contributed by atoms with Crippen molar-refractivity contribution >= 4 is 17.8 Å². The van der Waals surface area contributed by atoms with Gasteiger partial charge in [-0.25, -0.2) is 9.59 Å². The molecule has 1 aromatic heterocycles. The molecule has 1 amide bonds. The molecule has 20 heavy (non-hydrogen) atoms. The van der Waals surface area contributed by atoms with Crippen molar-refractivity contribution in [2.24, 2.45) is 0 Å². The number of ether oxygens (including phenoxy) is 2. The Bertz CT molecular complexity index is 475. The monoisotopic (exact) mass is 283 g/mol. The molecule has 7 heteroatoms. The number of carbonyl (C=O) groups excluding carboxylic acids is 3. The van der Waals surface area contributed by atoms with E-state index in [1.54, 1.807) is 26.8 Å². The number of esters is 2. The highest BCUT2D eigenvalue weighted by Gasteiger charge is 2.32. The van der Waals surface area contributed by atoms with Crippen molar-refractivity contribution in [1.82, 2.24) is 5.32 Å². The van der Waals surface area contributed by atoms with Gasteiger partial charge in [-0.15, -0.1) is 0 Å². The zero-order valence-corrected chi connectivity index (χ0v) is 11.6. The molecule has 0 aliphatic carbocycles. The Morgan fingerprint density at radius 1 is 1.15 bits per heavy atom. The summed E-state index contributed by atoms with van der Waals surface area (Å²) in [6, 6.07) is 1.53. The van der Waals surface area contributed by atoms with E-state index in [2.05, 4.69) is 5.32 Å². The van der Waals surface area contributed by atoms with Crippen LogP contribution in [0.5, 0.6) is 0 Å². The van der Waals surface area contributed by atoms with E-state index in [0.717, 1.165) is 0 Å². The molecular weight excluding hydrogens is 266 g/mol. The summed E-state index contributed by atoms with van der Waals surface area (Å²) in [5, 5.41) is 2.23. The Balaban J connectivity index is 2.80. The largest absolute Gasteiger partial charge is 0.464 e. The molecule has 1 rings (SSSR count). The van der Waals surface area contributed by atoms with Gasteiger partial charge in [-0.2, -0.15) is 0 Å². The minimum Gasteiger partial charge on any atom is -0.464 e. The van der Waals surface area contributed by atoms with Crippen LogP contribution in [0.25, 0.3) is 0 Å². The summed E-state index contributed by atoms with van der Waals surface area (Å²) >= 11 is 0. The molecule has 0 radical (unpaired) electrons. The normalized spacial score (nSPS) is 10.2. The molecule has 1 aromatic rings. The number of hydrogen-bond donors (Lipinski definition) is 1. The van der Waals surface area contributed by atoms with Crippen molar-refractivity contribution in [3.63, 3.8) is 0 Å². The summed E-state index contributed by atoms with van der Waals surface area (Å²) in [6.45, 7) is 5.04. The molecule has 0 bridgehead atoms. The Morgan fingerprint density at radius 2 is 1.70 bits per heavy atom. The minimum absolute atomic E-state index is 0.00102. The lowest BCUT2D eigenvalue weighted by atomic mass is 10.3. The molecule has 0 spiro atoms. The Morgan fingerprint density at radius 3 is 2.10 bits per heavy atom. The van der Waals surface area contributed by atoms with E-state index in [4.69, 9.17) is 13.9 Å². The number of nitrogens with one attached hydrogen (secondary N) is 1. The smallest absolute Gasteiger partial charge is 0.340 e. The highest BCUT2D eigenvalue weighted by molar-refractivity contribution is 6.04. The van der Waals surface area contributed by atoms with Crippen molar-refractivity contribution < 1.29 is 28.3 Å². The molecule has 0 saturated carbocycles. The van der Waals surface area contributed by atoms with Crippen LogP contribution >= 0.6 is 0 Å². The van der Waals surface area contributed by atoms with Gasteiger partial charge >= 0.3 is 11.9 Å². The van der Waals surface area contributed by atoms with Crippen LogP contribution in [0.15, 0.2) is 16.5 Å². The summed E-state index contributed by atoms with van der Waals surface area (Å²) < 4.78 is 14.6. The molecular formula is C13H17NO6. The third-order valence-electron chi connectivity index (χ3n) is 2.28. The fraction of sp³-hybridized carbons (Fsp3) is 0.462. The van der Waals surface area contributed by atoms with Crippen LogP contribution in [-0.4, -0.2) is 37.1 Å². The molecule has 0 aliphatic heterocycles. The number of hydrogen-bond acceptors (Lipinski definition) is 6. The molecule has 0 fully saturated rings. The van der Waals surface area contributed by atoms with Gasteiger partial charge in [-0.05, 0) is 32.9 Å². The van der Waals surface area contributed by atoms with Crippen molar-refractivity contribution in [2.45, 2.75) is 26.8 Å². The fourth-order valence-corrected chi connectivity index (χ4v) is 1.42. The second-order valence-corrected chi connectivity index (χ2v) is 3.82. The lowest BCUT2D eigenvalue weighted by Gasteiger charge is -2.15. The van der Waals surface area contributed by atoms with Gasteiger partial charge in [0, 0.05) is 0 Å². The minimum atomic E-state index is -1.51. The molecule has 0 atom stereocenters. The number of amides is 1. The van der Waals surface area contributed by atoms with Crippen molar-refractivity contribution in [3.05, 3.63) is 23.7 Å². The summed E-state index contributed by atoms with van der Waals surface area (Å²) in [5.41, 5.74) is 0. The first-order chi connectivity index (χ1) is 9.49. The number of rotatable bonds is 6. The third kappa shape index (κ3) is 4.11. The summed E-state index contributed by atoms with van der Waals surface area (Å²) in [5.74, 6) is -1.89. The van der Waals surface area contributed by atoms with E-state index in [0.29, 0.717) is 5.76 Å². The van der Waals surface area contributed by atoms with Gasteiger partial charge in [0.1, 0.15) is 5.76 Å². The van der Waals surface area contributed by atoms with Gasteiger partial charge in [-0.3, -0.25) is 4.79 Å². The molecule has 110 valence electrons. The van der Waals surface area contributed by atoms with E-state index in [1.165, 1.54) is 6.07 Å². The highest BCUT2D eigenvalue weighted by Crippen LogP contribution is 2.07. The average molecular weight is 283 g/mol. The molecule has 0 aromatic carbocycles. The predicted molar refractivity (Wildman–Crippen MR) is 68.0 cm³/mol. The summed E-state index contributed by atoms with van der Waals surface area (Å²) in [4.78, 5) is 35.2. The van der Waals surface area contributed by atoms with Crippen molar-refractivity contribution in [1.29, 1.82) is 0 Å². The topological polar surface area (TPSA) is 94.8 Å². The molecule has 1 heterocycles. The number of carbonyl (C=O) groups is 3. The zero-order chi connectivity index (χ0) is 15.1. The quantitative estimate of drug-likeness (QED) is 0.613. The maximum Gasteiger partial charge on any atom is 0.340 e. The van der Waals surface area contributed by atoms with Gasteiger partial charge in [0.15, 0.2) is 5.76 Å². The van der Waals surface area contributed by atoms with Gasteiger partial charge in [0.2, 0.25) is 6.04 Å². The maximum absolute atomic E-state index is 11.9. The predicted octanol–water partition coefficient (Wildman–Crippen LogP) is 0.813. The zero-order valence-electron chi connectivity index (χ0n) is 11.6. The van der Waals surface area contributed by atoms with Crippen molar-refractivity contribution in [3.8, 4) is 0 Å². The van der Waals surface area contributed by atoms with Crippen LogP contribution in [0.3, 0.4) is 0 Å². The van der Waals surface area contributed by atoms with Crippen LogP contribution in [-0.2, 0) is 19.1 Å². The van der Waals surface area contributed by atoms with Crippen molar-refractivity contribution in [2.75, 3.05) is 13.2 Å². The average Bonchev–Trinajstić information content (AvgIpc) is 2.83. The number of aryl methyl sites for hydroxylation is 1. The first-order valence-electron chi connectivity index (χ1n) is 6.20. The van der Waals surface area contributed by atoms with E-state index in [1.807, 2.05) is 0 Å². The van der Waals surface area contributed by atoms with Gasteiger partial charge in [0.05, 0.1) is 13.2 Å². The van der Waals surface area contributed by atoms with E-state index < -0.39 is 23.9 Å². The Labute approximate surface area is 116 Å². The summed E-state index contributed by atoms with van der Waals surface area (Å²) in [7, 11) is 0. The standard InChI is InChI=1S/C13H17NO6/c1-4-18-12(16)10(13(17)19-5-2)14-11(15)9-7-6-8(3)20-9/h6-7,10H,4-5H2,1-3H3,(H,14,15). The molecule has 1 N–H and O–H groups in total. The molecule has 0 saturated heterocycles. The molecule has 0 unspecified atom stereocenters. The SMILES string of the molecule is CCOC(=O)C(NC(=O)c1ccc(C)o1)C(=O)OCC. The van der Waals surface area contributed by atoms with Crippen LogP contribution < -0.4 is 5.32 Å². The third-order valence-corrected chi connectivity index (χ3v) is 2.28. The fourth-order valence-electron chi connectivity index (χ4n) is 1.42. The highest BCUT2D eigenvalue weighted by atomic mass is 16.6. The van der Waals surface area contributed by atoms with Gasteiger partial charge < -0.3 is 19.2 Å². The van der Waals surface area contributed by atoms with E-state index >= 15 is 0 Å². The Hall–Kier alpha value is -2.31. The maximum atomic E-state index is 11.9. The Kier molecular flexibility index (Phi) is 5.76. The van der Waals surface area contributed by atoms with E-state index in [9.17, 15) is 14.4 Å². The van der Waals surface area contributed by atoms with Gasteiger partial charge in [-0.1, -0.05) is 0 Å². The van der Waals surface area contributed by atoms with Crippen LogP contribution in [0.1, 0.15) is 30.2 Å². The van der Waals surface area contributed by atoms with Crippen LogP contribution in [0.2, 0.25) is 0 Å². The lowest BCUT2D eigenvalue weighted by Crippen LogP contribution is -2.48. The second-order valence-electron chi connectivity index (χ2n) is 3.82. The molecule has 0 aliphatic rings. The van der Waals surface area contributed by atoms with Gasteiger partial charge in [0.25, 0.3) is 5.91 Å². The van der Waals surface area contributed by atoms with E-state index in [-0.39, 0.29) is 19.0 Å². The van der Waals surface area contributed by atoms with Crippen LogP contribution in [0, 0.1) is 6.92 Å². The first-order valence-corrected chi connectivity index (χ1v) is 6.20. The second kappa shape index (κ2) is 7.32. The summed E-state index contributed by atoms with van der Waals surface area (Å²) in [6.07, 6.45) is 0.